The van der Waals surface area contributed by atoms with Gasteiger partial charge in [0.25, 0.3) is 0 Å². The lowest BCUT2D eigenvalue weighted by molar-refractivity contribution is -0.104. The fraction of sp³-hybridized carbons (Fsp3) is 0.250. The SMILES string of the molecule is O=C/C=C/C1=CCCN=C1. The summed E-state index contributed by atoms with van der Waals surface area (Å²) in [5.41, 5.74) is 1.03. The van der Waals surface area contributed by atoms with E-state index in [4.69, 9.17) is 0 Å². The molecular weight excluding hydrogens is 126 g/mol. The molecule has 0 atom stereocenters. The molecule has 2 heteroatoms. The van der Waals surface area contributed by atoms with E-state index in [9.17, 15) is 4.79 Å². The van der Waals surface area contributed by atoms with Gasteiger partial charge in [-0.05, 0) is 18.1 Å². The molecule has 10 heavy (non-hydrogen) atoms. The molecule has 0 N–H and O–H groups in total. The Bertz CT molecular complexity index is 201. The molecule has 1 rings (SSSR count). The third-order valence-corrected chi connectivity index (χ3v) is 1.25. The van der Waals surface area contributed by atoms with Crippen LogP contribution >= 0.6 is 0 Å². The van der Waals surface area contributed by atoms with Crippen LogP contribution in [0, 0.1) is 0 Å². The third kappa shape index (κ3) is 1.97. The van der Waals surface area contributed by atoms with E-state index in [1.54, 1.807) is 12.3 Å². The molecule has 1 aliphatic rings. The van der Waals surface area contributed by atoms with E-state index in [0.717, 1.165) is 24.8 Å². The minimum Gasteiger partial charge on any atom is -0.299 e. The molecule has 0 bridgehead atoms. The predicted octanol–water partition coefficient (Wildman–Crippen LogP) is 1.14. The average Bonchev–Trinajstić information content (AvgIpc) is 2.03. The van der Waals surface area contributed by atoms with Crippen LogP contribution in [0.5, 0.6) is 0 Å². The first kappa shape index (κ1) is 6.93. The van der Waals surface area contributed by atoms with Gasteiger partial charge in [0.05, 0.1) is 0 Å². The van der Waals surface area contributed by atoms with Crippen LogP contribution < -0.4 is 0 Å². The van der Waals surface area contributed by atoms with Crippen molar-refractivity contribution in [1.29, 1.82) is 0 Å². The van der Waals surface area contributed by atoms with Crippen molar-refractivity contribution in [3.8, 4) is 0 Å². The highest BCUT2D eigenvalue weighted by Gasteiger charge is 1.91. The Labute approximate surface area is 60.0 Å². The summed E-state index contributed by atoms with van der Waals surface area (Å²) in [5, 5.41) is 0. The topological polar surface area (TPSA) is 29.4 Å². The summed E-state index contributed by atoms with van der Waals surface area (Å²) in [5.74, 6) is 0. The fourth-order valence-electron chi connectivity index (χ4n) is 0.790. The van der Waals surface area contributed by atoms with Crippen molar-refractivity contribution in [3.63, 3.8) is 0 Å². The van der Waals surface area contributed by atoms with Crippen LogP contribution in [0.3, 0.4) is 0 Å². The summed E-state index contributed by atoms with van der Waals surface area (Å²) in [6, 6.07) is 0. The van der Waals surface area contributed by atoms with Crippen LogP contribution in [-0.2, 0) is 4.79 Å². The second-order valence-electron chi connectivity index (χ2n) is 2.02. The number of aliphatic imine (C=N–C) groups is 1. The first-order valence-corrected chi connectivity index (χ1v) is 3.25. The van der Waals surface area contributed by atoms with Gasteiger partial charge in [-0.2, -0.15) is 0 Å². The number of dihydropyridines is 1. The molecule has 2 nitrogen and oxygen atoms in total. The van der Waals surface area contributed by atoms with Gasteiger partial charge in [0.1, 0.15) is 6.29 Å². The fourth-order valence-corrected chi connectivity index (χ4v) is 0.790. The highest BCUT2D eigenvalue weighted by atomic mass is 16.1. The van der Waals surface area contributed by atoms with E-state index in [0.29, 0.717) is 0 Å². The molecule has 0 radical (unpaired) electrons. The van der Waals surface area contributed by atoms with Crippen LogP contribution in [0.1, 0.15) is 6.42 Å². The summed E-state index contributed by atoms with van der Waals surface area (Å²) >= 11 is 0. The average molecular weight is 135 g/mol. The quantitative estimate of drug-likeness (QED) is 0.412. The Morgan fingerprint density at radius 3 is 3.10 bits per heavy atom. The highest BCUT2D eigenvalue weighted by Crippen LogP contribution is 2.01. The Balaban J connectivity index is 2.55. The zero-order valence-corrected chi connectivity index (χ0v) is 5.66. The van der Waals surface area contributed by atoms with E-state index in [1.165, 1.54) is 6.08 Å². The molecule has 0 aliphatic carbocycles. The Morgan fingerprint density at radius 2 is 2.50 bits per heavy atom. The lowest BCUT2D eigenvalue weighted by Gasteiger charge is -1.98. The van der Waals surface area contributed by atoms with Crippen LogP contribution in [0.2, 0.25) is 0 Å². The van der Waals surface area contributed by atoms with Crippen molar-refractivity contribution in [2.45, 2.75) is 6.42 Å². The Kier molecular flexibility index (Phi) is 2.62. The Hall–Kier alpha value is -1.18. The number of hydrogen-bond acceptors (Lipinski definition) is 2. The van der Waals surface area contributed by atoms with Crippen LogP contribution in [0.15, 0.2) is 28.8 Å². The lowest BCUT2D eigenvalue weighted by atomic mass is 10.2. The number of nitrogens with zero attached hydrogens (tertiary/aromatic N) is 1. The molecule has 0 saturated carbocycles. The lowest BCUT2D eigenvalue weighted by Crippen LogP contribution is -1.90. The minimum atomic E-state index is 0.767. The van der Waals surface area contributed by atoms with Gasteiger partial charge in [-0.15, -0.1) is 0 Å². The standard InChI is InChI=1S/C8H9NO/c10-6-2-4-8-3-1-5-9-7-8/h2-4,6-7H,1,5H2/b4-2+. The number of carbonyl (C=O) groups is 1. The molecule has 52 valence electrons. The number of aldehydes is 1. The van der Waals surface area contributed by atoms with E-state index in [1.807, 2.05) is 0 Å². The predicted molar refractivity (Wildman–Crippen MR) is 41.3 cm³/mol. The maximum atomic E-state index is 9.89. The molecule has 0 aromatic rings. The maximum absolute atomic E-state index is 9.89. The summed E-state index contributed by atoms with van der Waals surface area (Å²) in [6.07, 6.45) is 8.83. The van der Waals surface area contributed by atoms with Gasteiger partial charge in [-0.3, -0.25) is 9.79 Å². The molecule has 0 fully saturated rings. The minimum absolute atomic E-state index is 0.767. The van der Waals surface area contributed by atoms with Crippen molar-refractivity contribution in [3.05, 3.63) is 23.8 Å². The number of carbonyl (C=O) groups excluding carboxylic acids is 1. The van der Waals surface area contributed by atoms with Gasteiger partial charge < -0.3 is 0 Å². The maximum Gasteiger partial charge on any atom is 0.142 e. The zero-order valence-electron chi connectivity index (χ0n) is 5.66. The molecule has 0 spiro atoms. The van der Waals surface area contributed by atoms with Gasteiger partial charge in [-0.1, -0.05) is 12.2 Å². The molecule has 1 heterocycles. The number of hydrogen-bond donors (Lipinski definition) is 0. The van der Waals surface area contributed by atoms with E-state index < -0.39 is 0 Å². The second-order valence-corrected chi connectivity index (χ2v) is 2.02. The summed E-state index contributed by atoms with van der Waals surface area (Å²) in [7, 11) is 0. The highest BCUT2D eigenvalue weighted by molar-refractivity contribution is 5.84. The smallest absolute Gasteiger partial charge is 0.142 e. The third-order valence-electron chi connectivity index (χ3n) is 1.25. The largest absolute Gasteiger partial charge is 0.299 e. The molecule has 1 aliphatic heterocycles. The van der Waals surface area contributed by atoms with Gasteiger partial charge in [0, 0.05) is 12.8 Å². The van der Waals surface area contributed by atoms with Crippen LogP contribution in [0.25, 0.3) is 0 Å². The number of rotatable bonds is 2. The molecule has 0 saturated heterocycles. The van der Waals surface area contributed by atoms with Gasteiger partial charge in [-0.25, -0.2) is 0 Å². The summed E-state index contributed by atoms with van der Waals surface area (Å²) < 4.78 is 0. The van der Waals surface area contributed by atoms with E-state index in [-0.39, 0.29) is 0 Å². The Morgan fingerprint density at radius 1 is 1.60 bits per heavy atom. The zero-order chi connectivity index (χ0) is 7.23. The van der Waals surface area contributed by atoms with Crippen molar-refractivity contribution in [2.75, 3.05) is 6.54 Å². The van der Waals surface area contributed by atoms with E-state index in [2.05, 4.69) is 11.1 Å². The van der Waals surface area contributed by atoms with Crippen molar-refractivity contribution in [2.24, 2.45) is 4.99 Å². The molecule has 0 amide bonds. The van der Waals surface area contributed by atoms with Gasteiger partial charge in [0.15, 0.2) is 0 Å². The first-order valence-electron chi connectivity index (χ1n) is 3.25. The van der Waals surface area contributed by atoms with Crippen molar-refractivity contribution >= 4 is 12.5 Å². The molecule has 0 aromatic heterocycles. The normalized spacial score (nSPS) is 17.4. The summed E-state index contributed by atoms with van der Waals surface area (Å²) in [4.78, 5) is 13.9. The molecule has 0 aromatic carbocycles. The van der Waals surface area contributed by atoms with E-state index >= 15 is 0 Å². The second kappa shape index (κ2) is 3.77. The van der Waals surface area contributed by atoms with Crippen molar-refractivity contribution < 1.29 is 4.79 Å². The van der Waals surface area contributed by atoms with Crippen LogP contribution in [-0.4, -0.2) is 19.0 Å². The molecule has 0 unspecified atom stereocenters. The number of allylic oxidation sites excluding steroid dienone is 3. The first-order chi connectivity index (χ1) is 4.93. The van der Waals surface area contributed by atoms with Gasteiger partial charge >= 0.3 is 0 Å². The van der Waals surface area contributed by atoms with Crippen molar-refractivity contribution in [1.82, 2.24) is 0 Å². The monoisotopic (exact) mass is 135 g/mol. The molecular formula is C8H9NO. The summed E-state index contributed by atoms with van der Waals surface area (Å²) in [6.45, 7) is 0.873. The van der Waals surface area contributed by atoms with Crippen LogP contribution in [0.4, 0.5) is 0 Å². The van der Waals surface area contributed by atoms with Gasteiger partial charge in [0.2, 0.25) is 0 Å².